The number of amides is 1. The van der Waals surface area contributed by atoms with Crippen LogP contribution in [0.25, 0.3) is 0 Å². The number of nitrogens with zero attached hydrogens (tertiary/aromatic N) is 3. The lowest BCUT2D eigenvalue weighted by molar-refractivity contribution is -0.128. The van der Waals surface area contributed by atoms with E-state index in [9.17, 15) is 14.0 Å². The third-order valence-electron chi connectivity index (χ3n) is 3.30. The predicted octanol–water partition coefficient (Wildman–Crippen LogP) is 0.977. The molecule has 0 radical (unpaired) electrons. The molecule has 0 aromatic carbocycles. The van der Waals surface area contributed by atoms with Gasteiger partial charge in [0.25, 0.3) is 0 Å². The summed E-state index contributed by atoms with van der Waals surface area (Å²) in [6, 6.07) is 0.971. The zero-order valence-electron chi connectivity index (χ0n) is 11.2. The summed E-state index contributed by atoms with van der Waals surface area (Å²) in [5.41, 5.74) is -0.152. The molecule has 0 bridgehead atoms. The summed E-state index contributed by atoms with van der Waals surface area (Å²) < 4.78 is 13.1. The Labute approximate surface area is 115 Å². The van der Waals surface area contributed by atoms with E-state index in [0.29, 0.717) is 26.2 Å². The van der Waals surface area contributed by atoms with Crippen LogP contribution in [0.4, 0.5) is 10.2 Å². The van der Waals surface area contributed by atoms with Crippen LogP contribution in [0.1, 0.15) is 23.7 Å². The summed E-state index contributed by atoms with van der Waals surface area (Å²) in [5.74, 6) is -1.63. The van der Waals surface area contributed by atoms with Crippen LogP contribution in [0, 0.1) is 5.82 Å². The lowest BCUT2D eigenvalue weighted by Crippen LogP contribution is -2.34. The number of rotatable bonds is 2. The van der Waals surface area contributed by atoms with Crippen molar-refractivity contribution in [3.05, 3.63) is 23.6 Å². The molecule has 1 amide bonds. The van der Waals surface area contributed by atoms with Crippen molar-refractivity contribution in [2.45, 2.75) is 13.3 Å². The number of pyridine rings is 1. The van der Waals surface area contributed by atoms with Gasteiger partial charge in [0.2, 0.25) is 5.91 Å². The first-order valence-electron chi connectivity index (χ1n) is 6.38. The maximum absolute atomic E-state index is 13.1. The van der Waals surface area contributed by atoms with Crippen LogP contribution in [0.15, 0.2) is 12.3 Å². The van der Waals surface area contributed by atoms with Crippen molar-refractivity contribution in [3.8, 4) is 0 Å². The summed E-state index contributed by atoms with van der Waals surface area (Å²) in [6.07, 6.45) is 1.73. The van der Waals surface area contributed by atoms with Crippen molar-refractivity contribution in [3.63, 3.8) is 0 Å². The van der Waals surface area contributed by atoms with Gasteiger partial charge >= 0.3 is 5.97 Å². The van der Waals surface area contributed by atoms with E-state index in [-0.39, 0.29) is 17.3 Å². The SMILES string of the molecule is CC(=O)N1CCCN(c2ncc(F)cc2C(=O)O)CC1. The van der Waals surface area contributed by atoms with E-state index >= 15 is 0 Å². The fourth-order valence-electron chi connectivity index (χ4n) is 2.29. The molecule has 1 N–H and O–H groups in total. The van der Waals surface area contributed by atoms with Crippen LogP contribution in [-0.4, -0.2) is 53.0 Å². The smallest absolute Gasteiger partial charge is 0.339 e. The number of halogens is 1. The number of carboxylic acid groups (broad SMARTS) is 1. The van der Waals surface area contributed by atoms with Gasteiger partial charge in [0.05, 0.1) is 6.20 Å². The first-order valence-corrected chi connectivity index (χ1v) is 6.38. The average molecular weight is 281 g/mol. The molecule has 0 unspecified atom stereocenters. The van der Waals surface area contributed by atoms with Crippen LogP contribution < -0.4 is 4.90 Å². The maximum Gasteiger partial charge on any atom is 0.339 e. The molecule has 7 heteroatoms. The Kier molecular flexibility index (Phi) is 4.16. The first kappa shape index (κ1) is 14.2. The molecule has 108 valence electrons. The highest BCUT2D eigenvalue weighted by Gasteiger charge is 2.22. The maximum atomic E-state index is 13.1. The molecule has 0 saturated carbocycles. The highest BCUT2D eigenvalue weighted by atomic mass is 19.1. The molecule has 1 fully saturated rings. The molecule has 1 aromatic heterocycles. The van der Waals surface area contributed by atoms with Gasteiger partial charge in [-0.15, -0.1) is 0 Å². The number of carboxylic acids is 1. The van der Waals surface area contributed by atoms with Crippen molar-refractivity contribution in [2.24, 2.45) is 0 Å². The van der Waals surface area contributed by atoms with E-state index in [2.05, 4.69) is 4.98 Å². The van der Waals surface area contributed by atoms with E-state index < -0.39 is 11.8 Å². The molecular formula is C13H16FN3O3. The quantitative estimate of drug-likeness (QED) is 0.874. The Balaban J connectivity index is 2.23. The predicted molar refractivity (Wildman–Crippen MR) is 70.2 cm³/mol. The van der Waals surface area contributed by atoms with Crippen LogP contribution in [-0.2, 0) is 4.79 Å². The molecule has 0 atom stereocenters. The number of anilines is 1. The fourth-order valence-corrected chi connectivity index (χ4v) is 2.29. The summed E-state index contributed by atoms with van der Waals surface area (Å²) in [7, 11) is 0. The number of hydrogen-bond donors (Lipinski definition) is 1. The Morgan fingerprint density at radius 2 is 2.05 bits per heavy atom. The summed E-state index contributed by atoms with van der Waals surface area (Å²) in [4.78, 5) is 29.9. The zero-order valence-corrected chi connectivity index (χ0v) is 11.2. The molecule has 2 heterocycles. The first-order chi connectivity index (χ1) is 9.49. The monoisotopic (exact) mass is 281 g/mol. The minimum absolute atomic E-state index is 0.00243. The fraction of sp³-hybridized carbons (Fsp3) is 0.462. The molecule has 0 aliphatic carbocycles. The van der Waals surface area contributed by atoms with E-state index in [1.165, 1.54) is 6.92 Å². The topological polar surface area (TPSA) is 73.7 Å². The van der Waals surface area contributed by atoms with Crippen molar-refractivity contribution in [2.75, 3.05) is 31.1 Å². The highest BCUT2D eigenvalue weighted by Crippen LogP contribution is 2.20. The van der Waals surface area contributed by atoms with Crippen molar-refractivity contribution < 1.29 is 19.1 Å². The van der Waals surface area contributed by atoms with Crippen molar-refractivity contribution >= 4 is 17.7 Å². The van der Waals surface area contributed by atoms with Gasteiger partial charge in [0.15, 0.2) is 0 Å². The number of hydrogen-bond acceptors (Lipinski definition) is 4. The third kappa shape index (κ3) is 3.04. The standard InChI is InChI=1S/C13H16FN3O3/c1-9(18)16-3-2-4-17(6-5-16)12-11(13(19)20)7-10(14)8-15-12/h7-8H,2-6H2,1H3,(H,19,20). The lowest BCUT2D eigenvalue weighted by atomic mass is 10.2. The van der Waals surface area contributed by atoms with Gasteiger partial charge in [-0.1, -0.05) is 0 Å². The molecule has 1 aliphatic heterocycles. The Morgan fingerprint density at radius 3 is 2.70 bits per heavy atom. The molecule has 1 aromatic rings. The van der Waals surface area contributed by atoms with E-state index in [4.69, 9.17) is 5.11 Å². The minimum atomic E-state index is -1.21. The summed E-state index contributed by atoms with van der Waals surface area (Å²) in [5, 5.41) is 9.13. The Bertz CT molecular complexity index is 536. The van der Waals surface area contributed by atoms with Gasteiger partial charge in [-0.05, 0) is 12.5 Å². The van der Waals surface area contributed by atoms with E-state index in [1.807, 2.05) is 0 Å². The number of carbonyl (C=O) groups excluding carboxylic acids is 1. The largest absolute Gasteiger partial charge is 0.478 e. The molecular weight excluding hydrogens is 265 g/mol. The van der Waals surface area contributed by atoms with E-state index in [1.54, 1.807) is 9.80 Å². The van der Waals surface area contributed by atoms with E-state index in [0.717, 1.165) is 18.7 Å². The van der Waals surface area contributed by atoms with Crippen LogP contribution >= 0.6 is 0 Å². The molecule has 2 rings (SSSR count). The van der Waals surface area contributed by atoms with Gasteiger partial charge in [0.1, 0.15) is 17.2 Å². The number of aromatic carboxylic acids is 1. The van der Waals surface area contributed by atoms with Crippen LogP contribution in [0.3, 0.4) is 0 Å². The molecule has 1 saturated heterocycles. The number of aromatic nitrogens is 1. The second kappa shape index (κ2) is 5.85. The third-order valence-corrected chi connectivity index (χ3v) is 3.30. The number of carbonyl (C=O) groups is 2. The highest BCUT2D eigenvalue weighted by molar-refractivity contribution is 5.93. The molecule has 0 spiro atoms. The zero-order chi connectivity index (χ0) is 14.7. The molecule has 20 heavy (non-hydrogen) atoms. The molecule has 1 aliphatic rings. The second-order valence-electron chi connectivity index (χ2n) is 4.68. The molecule has 6 nitrogen and oxygen atoms in total. The minimum Gasteiger partial charge on any atom is -0.478 e. The Hall–Kier alpha value is -2.18. The van der Waals surface area contributed by atoms with Gasteiger partial charge in [0, 0.05) is 33.1 Å². The van der Waals surface area contributed by atoms with Gasteiger partial charge < -0.3 is 14.9 Å². The van der Waals surface area contributed by atoms with Gasteiger partial charge in [-0.25, -0.2) is 14.2 Å². The van der Waals surface area contributed by atoms with Crippen molar-refractivity contribution in [1.29, 1.82) is 0 Å². The van der Waals surface area contributed by atoms with Crippen LogP contribution in [0.5, 0.6) is 0 Å². The second-order valence-corrected chi connectivity index (χ2v) is 4.68. The van der Waals surface area contributed by atoms with Crippen LogP contribution in [0.2, 0.25) is 0 Å². The Morgan fingerprint density at radius 1 is 1.30 bits per heavy atom. The lowest BCUT2D eigenvalue weighted by Gasteiger charge is -2.23. The average Bonchev–Trinajstić information content (AvgIpc) is 2.64. The summed E-state index contributed by atoms with van der Waals surface area (Å²) in [6.45, 7) is 3.72. The normalized spacial score (nSPS) is 15.9. The van der Waals surface area contributed by atoms with Crippen molar-refractivity contribution in [1.82, 2.24) is 9.88 Å². The van der Waals surface area contributed by atoms with Gasteiger partial charge in [-0.2, -0.15) is 0 Å². The summed E-state index contributed by atoms with van der Waals surface area (Å²) >= 11 is 0. The van der Waals surface area contributed by atoms with Gasteiger partial charge in [-0.3, -0.25) is 4.79 Å².